The number of rotatable bonds is 5. The summed E-state index contributed by atoms with van der Waals surface area (Å²) < 4.78 is 0. The fourth-order valence-electron chi connectivity index (χ4n) is 2.12. The van der Waals surface area contributed by atoms with Crippen LogP contribution in [0.15, 0.2) is 36.4 Å². The van der Waals surface area contributed by atoms with Gasteiger partial charge in [-0.3, -0.25) is 9.63 Å². The molecule has 0 atom stereocenters. The minimum absolute atomic E-state index is 0.0190. The summed E-state index contributed by atoms with van der Waals surface area (Å²) in [6.07, 6.45) is 0.792. The van der Waals surface area contributed by atoms with E-state index in [4.69, 9.17) is 4.84 Å². The number of hydrogen-bond acceptors (Lipinski definition) is 3. The molecule has 2 rings (SSSR count). The van der Waals surface area contributed by atoms with Crippen molar-refractivity contribution in [1.82, 2.24) is 5.06 Å². The van der Waals surface area contributed by atoms with E-state index in [1.165, 1.54) is 5.06 Å². The molecule has 0 aromatic heterocycles. The zero-order chi connectivity index (χ0) is 14.5. The molecule has 20 heavy (non-hydrogen) atoms. The highest BCUT2D eigenvalue weighted by Gasteiger charge is 2.19. The van der Waals surface area contributed by atoms with Crippen molar-refractivity contribution in [3.8, 4) is 5.75 Å². The molecular weight excluding hydrogens is 254 g/mol. The lowest BCUT2D eigenvalue weighted by molar-refractivity contribution is -0.118. The van der Waals surface area contributed by atoms with Gasteiger partial charge in [-0.15, -0.1) is 0 Å². The number of carbonyl (C=O) groups is 1. The third-order valence-corrected chi connectivity index (χ3v) is 3.03. The molecule has 2 aromatic rings. The number of hydrogen-bond donors (Lipinski definition) is 1. The molecule has 0 aliphatic heterocycles. The Balaban J connectivity index is 2.39. The molecule has 4 nitrogen and oxygen atoms in total. The summed E-state index contributed by atoms with van der Waals surface area (Å²) in [5, 5.41) is 13.2. The van der Waals surface area contributed by atoms with Crippen molar-refractivity contribution in [2.24, 2.45) is 0 Å². The third-order valence-electron chi connectivity index (χ3n) is 3.03. The predicted molar refractivity (Wildman–Crippen MR) is 78.6 cm³/mol. The van der Waals surface area contributed by atoms with Gasteiger partial charge in [0, 0.05) is 6.54 Å². The number of hydroxylamine groups is 2. The monoisotopic (exact) mass is 273 g/mol. The fraction of sp³-hybridized carbons (Fsp3) is 0.312. The Bertz CT molecular complexity index is 604. The zero-order valence-electron chi connectivity index (χ0n) is 11.8. The SMILES string of the molecule is CCCN(OCC)C(=O)c1cc2ccccc2cc1O. The first-order chi connectivity index (χ1) is 9.67. The topological polar surface area (TPSA) is 49.8 Å². The van der Waals surface area contributed by atoms with E-state index in [-0.39, 0.29) is 17.2 Å². The summed E-state index contributed by atoms with van der Waals surface area (Å²) in [5.41, 5.74) is 0.269. The highest BCUT2D eigenvalue weighted by molar-refractivity contribution is 6.01. The van der Waals surface area contributed by atoms with Crippen molar-refractivity contribution in [1.29, 1.82) is 0 Å². The normalized spacial score (nSPS) is 10.7. The first-order valence-corrected chi connectivity index (χ1v) is 6.84. The lowest BCUT2D eigenvalue weighted by Gasteiger charge is -2.21. The van der Waals surface area contributed by atoms with E-state index in [2.05, 4.69) is 0 Å². The van der Waals surface area contributed by atoms with E-state index in [1.807, 2.05) is 38.1 Å². The van der Waals surface area contributed by atoms with E-state index in [0.717, 1.165) is 17.2 Å². The van der Waals surface area contributed by atoms with Crippen LogP contribution < -0.4 is 0 Å². The van der Waals surface area contributed by atoms with Crippen LogP contribution in [0.25, 0.3) is 10.8 Å². The lowest BCUT2D eigenvalue weighted by atomic mass is 10.1. The number of phenolic OH excluding ortho intramolecular Hbond substituents is 1. The lowest BCUT2D eigenvalue weighted by Crippen LogP contribution is -2.32. The maximum atomic E-state index is 12.4. The Hall–Kier alpha value is -2.07. The Labute approximate surface area is 118 Å². The minimum Gasteiger partial charge on any atom is -0.507 e. The van der Waals surface area contributed by atoms with Crippen LogP contribution in [0.4, 0.5) is 0 Å². The summed E-state index contributed by atoms with van der Waals surface area (Å²) in [5.74, 6) is -0.327. The molecule has 0 aliphatic carbocycles. The van der Waals surface area contributed by atoms with Crippen molar-refractivity contribution in [2.45, 2.75) is 20.3 Å². The largest absolute Gasteiger partial charge is 0.507 e. The van der Waals surface area contributed by atoms with Crippen molar-refractivity contribution in [2.75, 3.05) is 13.2 Å². The molecule has 4 heteroatoms. The molecule has 0 unspecified atom stereocenters. The van der Waals surface area contributed by atoms with Crippen LogP contribution in [0.3, 0.4) is 0 Å². The number of phenols is 1. The van der Waals surface area contributed by atoms with Crippen molar-refractivity contribution in [3.05, 3.63) is 42.0 Å². The maximum absolute atomic E-state index is 12.4. The predicted octanol–water partition coefficient (Wildman–Crippen LogP) is 3.35. The molecule has 1 N–H and O–H groups in total. The molecule has 2 aromatic carbocycles. The van der Waals surface area contributed by atoms with Gasteiger partial charge in [0.2, 0.25) is 0 Å². The highest BCUT2D eigenvalue weighted by Crippen LogP contribution is 2.26. The molecule has 0 heterocycles. The second-order valence-electron chi connectivity index (χ2n) is 4.54. The molecule has 1 amide bonds. The van der Waals surface area contributed by atoms with E-state index in [1.54, 1.807) is 12.1 Å². The molecule has 0 saturated heterocycles. The molecule has 0 aliphatic rings. The Morgan fingerprint density at radius 2 is 1.85 bits per heavy atom. The number of nitrogens with zero attached hydrogens (tertiary/aromatic N) is 1. The van der Waals surface area contributed by atoms with E-state index in [9.17, 15) is 9.90 Å². The molecule has 106 valence electrons. The van der Waals surface area contributed by atoms with Crippen LogP contribution in [0.5, 0.6) is 5.75 Å². The Kier molecular flexibility index (Phi) is 4.58. The van der Waals surface area contributed by atoms with Crippen LogP contribution in [-0.4, -0.2) is 29.2 Å². The summed E-state index contributed by atoms with van der Waals surface area (Å²) >= 11 is 0. The van der Waals surface area contributed by atoms with Gasteiger partial charge in [-0.25, -0.2) is 5.06 Å². The van der Waals surface area contributed by atoms with Gasteiger partial charge in [0.05, 0.1) is 12.2 Å². The molecule has 0 bridgehead atoms. The van der Waals surface area contributed by atoms with Crippen molar-refractivity contribution < 1.29 is 14.7 Å². The smallest absolute Gasteiger partial charge is 0.281 e. The zero-order valence-corrected chi connectivity index (χ0v) is 11.8. The van der Waals surface area contributed by atoms with E-state index in [0.29, 0.717) is 13.2 Å². The quantitative estimate of drug-likeness (QED) is 0.850. The summed E-state index contributed by atoms with van der Waals surface area (Å²) in [4.78, 5) is 17.8. The Morgan fingerprint density at radius 3 is 2.45 bits per heavy atom. The second-order valence-corrected chi connectivity index (χ2v) is 4.54. The minimum atomic E-state index is -0.308. The molecule has 0 fully saturated rings. The number of aromatic hydroxyl groups is 1. The van der Waals surface area contributed by atoms with Crippen LogP contribution in [0, 0.1) is 0 Å². The van der Waals surface area contributed by atoms with Gasteiger partial charge in [0.1, 0.15) is 5.75 Å². The van der Waals surface area contributed by atoms with Crippen LogP contribution in [-0.2, 0) is 4.84 Å². The van der Waals surface area contributed by atoms with E-state index < -0.39 is 0 Å². The van der Waals surface area contributed by atoms with Crippen LogP contribution in [0.2, 0.25) is 0 Å². The van der Waals surface area contributed by atoms with Gasteiger partial charge in [0.25, 0.3) is 5.91 Å². The van der Waals surface area contributed by atoms with Gasteiger partial charge < -0.3 is 5.11 Å². The summed E-state index contributed by atoms with van der Waals surface area (Å²) in [6, 6.07) is 10.9. The van der Waals surface area contributed by atoms with Crippen molar-refractivity contribution in [3.63, 3.8) is 0 Å². The maximum Gasteiger partial charge on any atom is 0.281 e. The molecule has 0 saturated carbocycles. The third kappa shape index (κ3) is 2.91. The second kappa shape index (κ2) is 6.39. The van der Waals surface area contributed by atoms with Crippen LogP contribution >= 0.6 is 0 Å². The molecular formula is C16H19NO3. The van der Waals surface area contributed by atoms with Gasteiger partial charge in [-0.2, -0.15) is 0 Å². The number of amides is 1. The van der Waals surface area contributed by atoms with Gasteiger partial charge in [0.15, 0.2) is 0 Å². The van der Waals surface area contributed by atoms with E-state index >= 15 is 0 Å². The summed E-state index contributed by atoms with van der Waals surface area (Å²) in [6.45, 7) is 4.72. The average molecular weight is 273 g/mol. The fourth-order valence-corrected chi connectivity index (χ4v) is 2.12. The van der Waals surface area contributed by atoms with Crippen LogP contribution in [0.1, 0.15) is 30.6 Å². The first-order valence-electron chi connectivity index (χ1n) is 6.84. The van der Waals surface area contributed by atoms with Crippen molar-refractivity contribution >= 4 is 16.7 Å². The molecule has 0 radical (unpaired) electrons. The number of carbonyl (C=O) groups excluding carboxylic acids is 1. The standard InChI is InChI=1S/C16H19NO3/c1-3-9-17(20-4-2)16(19)14-10-12-7-5-6-8-13(12)11-15(14)18/h5-8,10-11,18H,3-4,9H2,1-2H3. The first kappa shape index (κ1) is 14.3. The average Bonchev–Trinajstić information content (AvgIpc) is 2.45. The summed E-state index contributed by atoms with van der Waals surface area (Å²) in [7, 11) is 0. The number of fused-ring (bicyclic) bond motifs is 1. The highest BCUT2D eigenvalue weighted by atomic mass is 16.7. The van der Waals surface area contributed by atoms with Gasteiger partial charge in [-0.1, -0.05) is 31.2 Å². The Morgan fingerprint density at radius 1 is 1.20 bits per heavy atom. The number of benzene rings is 2. The van der Waals surface area contributed by atoms with Gasteiger partial charge in [-0.05, 0) is 36.2 Å². The molecule has 0 spiro atoms. The van der Waals surface area contributed by atoms with Gasteiger partial charge >= 0.3 is 0 Å².